The Labute approximate surface area is 185 Å². The van der Waals surface area contributed by atoms with E-state index >= 15 is 0 Å². The van der Waals surface area contributed by atoms with Gasteiger partial charge < -0.3 is 5.11 Å². The van der Waals surface area contributed by atoms with Crippen LogP contribution in [0.3, 0.4) is 0 Å². The molecule has 2 nitrogen and oxygen atoms in total. The summed E-state index contributed by atoms with van der Waals surface area (Å²) in [6, 6.07) is 0. The lowest BCUT2D eigenvalue weighted by Crippen LogP contribution is -2.55. The zero-order valence-corrected chi connectivity index (χ0v) is 20.4. The highest BCUT2D eigenvalue weighted by molar-refractivity contribution is 5.84. The smallest absolute Gasteiger partial charge is 0.139 e. The van der Waals surface area contributed by atoms with Gasteiger partial charge in [0.25, 0.3) is 0 Å². The minimum absolute atomic E-state index is 0.125. The van der Waals surface area contributed by atoms with Crippen molar-refractivity contribution in [2.24, 2.45) is 52.3 Å². The Morgan fingerprint density at radius 1 is 1.10 bits per heavy atom. The quantitative estimate of drug-likeness (QED) is 0.501. The Kier molecular flexibility index (Phi) is 6.06. The first-order valence-electron chi connectivity index (χ1n) is 13.0. The van der Waals surface area contributed by atoms with Crippen LogP contribution in [0.2, 0.25) is 0 Å². The monoisotopic (exact) mass is 414 g/mol. The second-order valence-corrected chi connectivity index (χ2v) is 12.7. The highest BCUT2D eigenvalue weighted by Gasteiger charge is 2.61. The third-order valence-electron chi connectivity index (χ3n) is 10.5. The molecule has 9 atom stereocenters. The molecule has 0 spiro atoms. The molecule has 4 aliphatic rings. The largest absolute Gasteiger partial charge is 0.389 e. The number of carbonyl (C=O) groups is 1. The summed E-state index contributed by atoms with van der Waals surface area (Å²) in [6.45, 7) is 14.3. The van der Waals surface area contributed by atoms with E-state index in [0.29, 0.717) is 35.4 Å². The van der Waals surface area contributed by atoms with Crippen LogP contribution in [0.4, 0.5) is 0 Å². The average Bonchev–Trinajstić information content (AvgIpc) is 3.01. The molecule has 0 aromatic rings. The standard InChI is InChI=1S/C28H46O2/c1-17(2)8-7-9-18(3)21-10-11-22-26-23(12-13-27(21,22)5)28(6)16-19(4)24(29)14-20(28)15-25(26)30/h15,17-19,21-23,25-26,30H,7-14,16H2,1-6H3/t18-,19?,21-,22+,23+,25-,26+,27-,28+/m1/s1. The van der Waals surface area contributed by atoms with Gasteiger partial charge in [-0.05, 0) is 78.4 Å². The van der Waals surface area contributed by atoms with Crippen LogP contribution in [0.1, 0.15) is 99.3 Å². The van der Waals surface area contributed by atoms with Gasteiger partial charge in [0.1, 0.15) is 5.78 Å². The van der Waals surface area contributed by atoms with Crippen molar-refractivity contribution in [2.75, 3.05) is 0 Å². The molecule has 1 N–H and O–H groups in total. The zero-order valence-electron chi connectivity index (χ0n) is 20.4. The number of hydrogen-bond donors (Lipinski definition) is 1. The lowest BCUT2D eigenvalue weighted by molar-refractivity contribution is -0.130. The lowest BCUT2D eigenvalue weighted by atomic mass is 9.45. The van der Waals surface area contributed by atoms with E-state index in [9.17, 15) is 9.90 Å². The molecule has 0 amide bonds. The van der Waals surface area contributed by atoms with Crippen molar-refractivity contribution in [1.29, 1.82) is 0 Å². The van der Waals surface area contributed by atoms with Gasteiger partial charge in [-0.25, -0.2) is 0 Å². The molecule has 0 aromatic carbocycles. The van der Waals surface area contributed by atoms with Gasteiger partial charge in [0.15, 0.2) is 0 Å². The Bertz CT molecular complexity index is 693. The summed E-state index contributed by atoms with van der Waals surface area (Å²) < 4.78 is 0. The number of carbonyl (C=O) groups excluding carboxylic acids is 1. The van der Waals surface area contributed by atoms with Crippen molar-refractivity contribution in [3.8, 4) is 0 Å². The second-order valence-electron chi connectivity index (χ2n) is 12.7. The molecule has 170 valence electrons. The molecule has 0 heterocycles. The van der Waals surface area contributed by atoms with Gasteiger partial charge in [0.05, 0.1) is 6.10 Å². The van der Waals surface area contributed by atoms with Crippen LogP contribution in [0.5, 0.6) is 0 Å². The highest BCUT2D eigenvalue weighted by atomic mass is 16.3. The van der Waals surface area contributed by atoms with Crippen molar-refractivity contribution in [3.63, 3.8) is 0 Å². The van der Waals surface area contributed by atoms with E-state index in [4.69, 9.17) is 0 Å². The maximum absolute atomic E-state index is 12.4. The van der Waals surface area contributed by atoms with Crippen LogP contribution >= 0.6 is 0 Å². The summed E-state index contributed by atoms with van der Waals surface area (Å²) in [5.41, 5.74) is 1.77. The molecular weight excluding hydrogens is 368 g/mol. The van der Waals surface area contributed by atoms with Crippen LogP contribution in [0, 0.1) is 52.3 Å². The second kappa shape index (κ2) is 8.05. The van der Waals surface area contributed by atoms with Gasteiger partial charge in [-0.15, -0.1) is 0 Å². The minimum Gasteiger partial charge on any atom is -0.389 e. The maximum Gasteiger partial charge on any atom is 0.139 e. The van der Waals surface area contributed by atoms with Crippen LogP contribution in [0.25, 0.3) is 0 Å². The molecule has 30 heavy (non-hydrogen) atoms. The van der Waals surface area contributed by atoms with E-state index in [1.165, 1.54) is 50.5 Å². The number of hydrogen-bond acceptors (Lipinski definition) is 2. The summed E-state index contributed by atoms with van der Waals surface area (Å²) in [7, 11) is 0. The number of aliphatic hydroxyl groups is 1. The van der Waals surface area contributed by atoms with Gasteiger partial charge in [-0.2, -0.15) is 0 Å². The molecule has 4 aliphatic carbocycles. The van der Waals surface area contributed by atoms with E-state index in [1.54, 1.807) is 0 Å². The molecule has 0 aromatic heterocycles. The van der Waals surface area contributed by atoms with Crippen molar-refractivity contribution in [3.05, 3.63) is 11.6 Å². The predicted octanol–water partition coefficient (Wildman–Crippen LogP) is 6.81. The number of Topliss-reactive ketones (excluding diaryl/α,β-unsaturated/α-hetero) is 1. The molecule has 3 fully saturated rings. The molecule has 3 saturated carbocycles. The first-order valence-corrected chi connectivity index (χ1v) is 13.0. The molecule has 0 bridgehead atoms. The molecule has 4 rings (SSSR count). The third kappa shape index (κ3) is 3.54. The van der Waals surface area contributed by atoms with E-state index in [-0.39, 0.29) is 17.4 Å². The van der Waals surface area contributed by atoms with Gasteiger partial charge >= 0.3 is 0 Å². The fourth-order valence-corrected chi connectivity index (χ4v) is 8.84. The number of rotatable bonds is 5. The molecule has 0 aliphatic heterocycles. The molecule has 2 heteroatoms. The van der Waals surface area contributed by atoms with Crippen molar-refractivity contribution in [1.82, 2.24) is 0 Å². The maximum atomic E-state index is 12.4. The summed E-state index contributed by atoms with van der Waals surface area (Å²) in [4.78, 5) is 12.4. The Morgan fingerprint density at radius 3 is 2.53 bits per heavy atom. The normalized spacial score (nSPS) is 46.8. The SMILES string of the molecule is CC(C)CCC[C@@H](C)[C@H]1CC[C@H]2[C@@H]3[C@H](O)C=C4CC(=O)C(C)C[C@]4(C)[C@H]3CC[C@]12C. The van der Waals surface area contributed by atoms with Gasteiger partial charge in [0, 0.05) is 12.3 Å². The first kappa shape index (κ1) is 22.6. The van der Waals surface area contributed by atoms with E-state index in [0.717, 1.165) is 24.2 Å². The summed E-state index contributed by atoms with van der Waals surface area (Å²) >= 11 is 0. The van der Waals surface area contributed by atoms with E-state index < -0.39 is 0 Å². The number of fused-ring (bicyclic) bond motifs is 5. The van der Waals surface area contributed by atoms with Crippen LogP contribution in [-0.4, -0.2) is 17.0 Å². The van der Waals surface area contributed by atoms with Gasteiger partial charge in [0.2, 0.25) is 0 Å². The summed E-state index contributed by atoms with van der Waals surface area (Å²) in [5.74, 6) is 4.56. The molecular formula is C28H46O2. The van der Waals surface area contributed by atoms with Gasteiger partial charge in [-0.3, -0.25) is 4.79 Å². The zero-order chi connectivity index (χ0) is 21.8. The highest BCUT2D eigenvalue weighted by Crippen LogP contribution is 2.67. The van der Waals surface area contributed by atoms with Crippen molar-refractivity contribution < 1.29 is 9.90 Å². The van der Waals surface area contributed by atoms with Crippen LogP contribution < -0.4 is 0 Å². The summed E-state index contributed by atoms with van der Waals surface area (Å²) in [5, 5.41) is 11.3. The molecule has 0 saturated heterocycles. The Hall–Kier alpha value is -0.630. The van der Waals surface area contributed by atoms with E-state index in [2.05, 4.69) is 47.6 Å². The lowest BCUT2D eigenvalue weighted by Gasteiger charge is -2.59. The topological polar surface area (TPSA) is 37.3 Å². The summed E-state index contributed by atoms with van der Waals surface area (Å²) in [6.07, 6.45) is 12.6. The van der Waals surface area contributed by atoms with Crippen molar-refractivity contribution >= 4 is 5.78 Å². The van der Waals surface area contributed by atoms with Crippen LogP contribution in [-0.2, 0) is 4.79 Å². The number of allylic oxidation sites excluding steroid dienone is 1. The van der Waals surface area contributed by atoms with Crippen molar-refractivity contribution in [2.45, 2.75) is 105 Å². The number of aliphatic hydroxyl groups excluding tert-OH is 1. The first-order chi connectivity index (χ1) is 14.1. The molecule has 1 unspecified atom stereocenters. The third-order valence-corrected chi connectivity index (χ3v) is 10.5. The minimum atomic E-state index is -0.348. The number of ketones is 1. The fraction of sp³-hybridized carbons (Fsp3) is 0.893. The van der Waals surface area contributed by atoms with Crippen LogP contribution in [0.15, 0.2) is 11.6 Å². The molecule has 0 radical (unpaired) electrons. The van der Waals surface area contributed by atoms with Gasteiger partial charge in [-0.1, -0.05) is 72.5 Å². The van der Waals surface area contributed by atoms with E-state index in [1.807, 2.05) is 0 Å². The average molecular weight is 415 g/mol. The fourth-order valence-electron chi connectivity index (χ4n) is 8.84. The Balaban J connectivity index is 1.56. The Morgan fingerprint density at radius 2 is 1.83 bits per heavy atom. The predicted molar refractivity (Wildman–Crippen MR) is 124 cm³/mol.